The number of esters is 1. The Kier molecular flexibility index (Phi) is 7.44. The molecule has 0 bridgehead atoms. The first kappa shape index (κ1) is 22.5. The van der Waals surface area contributed by atoms with Crippen molar-refractivity contribution < 1.29 is 19.0 Å². The monoisotopic (exact) mass is 461 g/mol. The molecule has 162 valence electrons. The largest absolute Gasteiger partial charge is 0.493 e. The van der Waals surface area contributed by atoms with Crippen molar-refractivity contribution in [3.8, 4) is 22.8 Å². The van der Waals surface area contributed by atoms with Gasteiger partial charge in [0, 0.05) is 16.8 Å². The first-order valence-corrected chi connectivity index (χ1v) is 10.1. The van der Waals surface area contributed by atoms with Crippen molar-refractivity contribution in [2.24, 2.45) is 5.10 Å². The molecule has 0 amide bonds. The van der Waals surface area contributed by atoms with Gasteiger partial charge in [-0.1, -0.05) is 29.3 Å². The normalized spacial score (nSPS) is 10.9. The van der Waals surface area contributed by atoms with Gasteiger partial charge in [0.2, 0.25) is 0 Å². The van der Waals surface area contributed by atoms with Crippen LogP contribution in [0.15, 0.2) is 47.6 Å². The quantitative estimate of drug-likeness (QED) is 0.258. The maximum atomic E-state index is 12.5. The zero-order valence-corrected chi connectivity index (χ0v) is 18.7. The van der Waals surface area contributed by atoms with E-state index in [-0.39, 0.29) is 6.61 Å². The van der Waals surface area contributed by atoms with Gasteiger partial charge in [-0.3, -0.25) is 5.43 Å². The second kappa shape index (κ2) is 10.2. The molecule has 1 aromatic heterocycles. The Balaban J connectivity index is 1.95. The van der Waals surface area contributed by atoms with E-state index in [1.54, 1.807) is 57.5 Å². The standard InChI is InChI=1S/C22H21Cl2N3O4/c1-4-31-22(28)14-11-18(13-8-9-19(29-2)20(10-13)30-3)26-21(14)27-25-12-15-16(23)6-5-7-17(15)24/h5-12,26-27H,4H2,1-3H3/b25-12+. The van der Waals surface area contributed by atoms with Crippen molar-refractivity contribution in [1.82, 2.24) is 4.98 Å². The lowest BCUT2D eigenvalue weighted by atomic mass is 10.1. The van der Waals surface area contributed by atoms with E-state index in [1.165, 1.54) is 6.21 Å². The molecule has 0 aliphatic heterocycles. The Labute approximate surface area is 189 Å². The van der Waals surface area contributed by atoms with Crippen LogP contribution in [0.25, 0.3) is 11.3 Å². The molecule has 0 atom stereocenters. The number of nitrogens with zero attached hydrogens (tertiary/aromatic N) is 1. The van der Waals surface area contributed by atoms with Gasteiger partial charge in [0.1, 0.15) is 11.4 Å². The lowest BCUT2D eigenvalue weighted by molar-refractivity contribution is 0.0527. The van der Waals surface area contributed by atoms with Crippen LogP contribution in [0.2, 0.25) is 10.0 Å². The van der Waals surface area contributed by atoms with Gasteiger partial charge in [0.15, 0.2) is 11.5 Å². The summed E-state index contributed by atoms with van der Waals surface area (Å²) < 4.78 is 15.8. The number of carbonyl (C=O) groups is 1. The van der Waals surface area contributed by atoms with Gasteiger partial charge in [-0.15, -0.1) is 0 Å². The average Bonchev–Trinajstić information content (AvgIpc) is 3.19. The third-order valence-electron chi connectivity index (χ3n) is 4.38. The summed E-state index contributed by atoms with van der Waals surface area (Å²) in [4.78, 5) is 15.6. The molecule has 0 aliphatic rings. The van der Waals surface area contributed by atoms with Gasteiger partial charge in [0.25, 0.3) is 0 Å². The Hall–Kier alpha value is -3.16. The summed E-state index contributed by atoms with van der Waals surface area (Å²) in [5.74, 6) is 1.04. The van der Waals surface area contributed by atoms with Gasteiger partial charge in [0.05, 0.1) is 37.1 Å². The lowest BCUT2D eigenvalue weighted by Gasteiger charge is -2.08. The molecule has 0 saturated heterocycles. The second-order valence-corrected chi connectivity index (χ2v) is 7.08. The zero-order valence-electron chi connectivity index (χ0n) is 17.2. The molecule has 1 heterocycles. The van der Waals surface area contributed by atoms with Crippen LogP contribution in [0, 0.1) is 0 Å². The summed E-state index contributed by atoms with van der Waals surface area (Å²) in [6, 6.07) is 12.3. The number of halogens is 2. The molecule has 0 aliphatic carbocycles. The molecular weight excluding hydrogens is 441 g/mol. The molecule has 7 nitrogen and oxygen atoms in total. The highest BCUT2D eigenvalue weighted by Crippen LogP contribution is 2.34. The van der Waals surface area contributed by atoms with Crippen LogP contribution >= 0.6 is 23.2 Å². The van der Waals surface area contributed by atoms with Crippen molar-refractivity contribution in [3.05, 3.63) is 63.6 Å². The Bertz CT molecular complexity index is 1090. The van der Waals surface area contributed by atoms with E-state index in [4.69, 9.17) is 37.4 Å². The molecule has 0 spiro atoms. The van der Waals surface area contributed by atoms with E-state index in [1.807, 2.05) is 6.07 Å². The third-order valence-corrected chi connectivity index (χ3v) is 5.04. The molecule has 2 N–H and O–H groups in total. The van der Waals surface area contributed by atoms with Gasteiger partial charge < -0.3 is 19.2 Å². The van der Waals surface area contributed by atoms with Crippen LogP contribution in [0.4, 0.5) is 5.82 Å². The van der Waals surface area contributed by atoms with Gasteiger partial charge in [-0.2, -0.15) is 5.10 Å². The molecule has 3 aromatic rings. The van der Waals surface area contributed by atoms with E-state index in [0.717, 1.165) is 5.56 Å². The van der Waals surface area contributed by atoms with Gasteiger partial charge >= 0.3 is 5.97 Å². The van der Waals surface area contributed by atoms with Crippen LogP contribution in [0.1, 0.15) is 22.8 Å². The SMILES string of the molecule is CCOC(=O)c1cc(-c2ccc(OC)c(OC)c2)[nH]c1N/N=C/c1c(Cl)cccc1Cl. The molecular formula is C22H21Cl2N3O4. The molecule has 2 aromatic carbocycles. The fourth-order valence-corrected chi connectivity index (χ4v) is 3.36. The number of rotatable bonds is 8. The number of benzene rings is 2. The maximum absolute atomic E-state index is 12.5. The van der Waals surface area contributed by atoms with Crippen LogP contribution in [0.3, 0.4) is 0 Å². The number of nitrogens with one attached hydrogen (secondary N) is 2. The zero-order chi connectivity index (χ0) is 22.4. The number of aromatic amines is 1. The Morgan fingerprint density at radius 2 is 1.81 bits per heavy atom. The van der Waals surface area contributed by atoms with Crippen molar-refractivity contribution in [1.29, 1.82) is 0 Å². The number of anilines is 1. The average molecular weight is 462 g/mol. The van der Waals surface area contributed by atoms with Crippen LogP contribution in [-0.2, 0) is 4.74 Å². The predicted molar refractivity (Wildman–Crippen MR) is 123 cm³/mol. The number of hydrazone groups is 1. The van der Waals surface area contributed by atoms with Crippen molar-refractivity contribution in [3.63, 3.8) is 0 Å². The fraction of sp³-hybridized carbons (Fsp3) is 0.182. The fourth-order valence-electron chi connectivity index (χ4n) is 2.87. The Morgan fingerprint density at radius 1 is 1.10 bits per heavy atom. The van der Waals surface area contributed by atoms with Crippen LogP contribution in [-0.4, -0.2) is 38.0 Å². The number of hydrogen-bond acceptors (Lipinski definition) is 6. The first-order valence-electron chi connectivity index (χ1n) is 9.34. The molecule has 0 saturated carbocycles. The summed E-state index contributed by atoms with van der Waals surface area (Å²) in [6.07, 6.45) is 1.48. The topological polar surface area (TPSA) is 84.9 Å². The van der Waals surface area contributed by atoms with E-state index >= 15 is 0 Å². The summed E-state index contributed by atoms with van der Waals surface area (Å²) in [5, 5.41) is 5.10. The van der Waals surface area contributed by atoms with E-state index in [2.05, 4.69) is 15.5 Å². The number of H-pyrrole nitrogens is 1. The van der Waals surface area contributed by atoms with E-state index in [9.17, 15) is 4.79 Å². The number of methoxy groups -OCH3 is 2. The second-order valence-electron chi connectivity index (χ2n) is 6.27. The highest BCUT2D eigenvalue weighted by atomic mass is 35.5. The minimum atomic E-state index is -0.487. The number of hydrogen-bond donors (Lipinski definition) is 2. The third kappa shape index (κ3) is 5.13. The molecule has 0 unspecified atom stereocenters. The highest BCUT2D eigenvalue weighted by molar-refractivity contribution is 6.38. The predicted octanol–water partition coefficient (Wildman–Crippen LogP) is 5.63. The minimum absolute atomic E-state index is 0.244. The summed E-state index contributed by atoms with van der Waals surface area (Å²) in [7, 11) is 3.12. The molecule has 0 fully saturated rings. The molecule has 9 heteroatoms. The number of ether oxygens (including phenoxy) is 3. The highest BCUT2D eigenvalue weighted by Gasteiger charge is 2.18. The number of carbonyl (C=O) groups excluding carboxylic acids is 1. The van der Waals surface area contributed by atoms with Crippen molar-refractivity contribution in [2.45, 2.75) is 6.92 Å². The van der Waals surface area contributed by atoms with Gasteiger partial charge in [-0.25, -0.2) is 4.79 Å². The molecule has 31 heavy (non-hydrogen) atoms. The number of aromatic nitrogens is 1. The van der Waals surface area contributed by atoms with Gasteiger partial charge in [-0.05, 0) is 43.3 Å². The summed E-state index contributed by atoms with van der Waals surface area (Å²) in [6.45, 7) is 1.98. The maximum Gasteiger partial charge on any atom is 0.341 e. The lowest BCUT2D eigenvalue weighted by Crippen LogP contribution is -2.06. The molecule has 3 rings (SSSR count). The summed E-state index contributed by atoms with van der Waals surface area (Å²) in [5.41, 5.74) is 5.15. The van der Waals surface area contributed by atoms with E-state index in [0.29, 0.717) is 44.2 Å². The first-order chi connectivity index (χ1) is 15.0. The molecule has 0 radical (unpaired) electrons. The summed E-state index contributed by atoms with van der Waals surface area (Å²) >= 11 is 12.3. The van der Waals surface area contributed by atoms with Crippen molar-refractivity contribution >= 4 is 41.2 Å². The minimum Gasteiger partial charge on any atom is -0.493 e. The van der Waals surface area contributed by atoms with Crippen LogP contribution < -0.4 is 14.9 Å². The smallest absolute Gasteiger partial charge is 0.341 e. The Morgan fingerprint density at radius 3 is 2.45 bits per heavy atom. The van der Waals surface area contributed by atoms with E-state index < -0.39 is 5.97 Å². The van der Waals surface area contributed by atoms with Crippen LogP contribution in [0.5, 0.6) is 11.5 Å². The van der Waals surface area contributed by atoms with Crippen molar-refractivity contribution in [2.75, 3.05) is 26.3 Å².